The molecule has 0 saturated heterocycles. The summed E-state index contributed by atoms with van der Waals surface area (Å²) in [5.74, 6) is 0.452. The monoisotopic (exact) mass is 455 g/mol. The number of nitrogens with two attached hydrogens (primary N) is 2. The van der Waals surface area contributed by atoms with Crippen molar-refractivity contribution in [2.75, 3.05) is 38.8 Å². The fraction of sp³-hybridized carbons (Fsp3) is 0.500. The number of anilines is 2. The van der Waals surface area contributed by atoms with Gasteiger partial charge in [0.2, 0.25) is 5.95 Å². The fourth-order valence-electron chi connectivity index (χ4n) is 3.53. The standard InChI is InChI=1S/C15H19N7.C9H18O2/c1-4-8-19-10(2)5-6-12(18-3)11-7-9-22-13(11)14(16)20-15(17)21-22;1-10-7-8-11-9-5-3-2-4-6-9/h4-9H,1-3H3,(H4,16,17,20,21);9H,2-8H2,1H3/b6-5-,8-4-,18-12?,19-10-;. The molecule has 180 valence electrons. The maximum atomic E-state index is 5.95. The lowest BCUT2D eigenvalue weighted by Gasteiger charge is -2.21. The molecule has 4 N–H and O–H groups in total. The third-order valence-electron chi connectivity index (χ3n) is 5.17. The van der Waals surface area contributed by atoms with Crippen molar-refractivity contribution in [3.05, 3.63) is 42.3 Å². The van der Waals surface area contributed by atoms with E-state index in [4.69, 9.17) is 20.9 Å². The summed E-state index contributed by atoms with van der Waals surface area (Å²) in [6.07, 6.45) is 16.3. The van der Waals surface area contributed by atoms with Crippen molar-refractivity contribution in [3.8, 4) is 0 Å². The highest BCUT2D eigenvalue weighted by molar-refractivity contribution is 6.16. The number of hydrogen-bond acceptors (Lipinski definition) is 8. The van der Waals surface area contributed by atoms with Gasteiger partial charge < -0.3 is 20.9 Å². The van der Waals surface area contributed by atoms with Crippen LogP contribution in [0.2, 0.25) is 0 Å². The molecule has 0 unspecified atom stereocenters. The van der Waals surface area contributed by atoms with Gasteiger partial charge >= 0.3 is 0 Å². The molecule has 0 bridgehead atoms. The molecule has 1 aliphatic carbocycles. The summed E-state index contributed by atoms with van der Waals surface area (Å²) < 4.78 is 12.1. The largest absolute Gasteiger partial charge is 0.382 e. The van der Waals surface area contributed by atoms with Gasteiger partial charge in [-0.2, -0.15) is 4.98 Å². The van der Waals surface area contributed by atoms with E-state index in [2.05, 4.69) is 20.1 Å². The minimum atomic E-state index is 0.131. The van der Waals surface area contributed by atoms with Crippen LogP contribution in [0.4, 0.5) is 11.8 Å². The minimum absolute atomic E-state index is 0.131. The Morgan fingerprint density at radius 3 is 2.64 bits per heavy atom. The highest BCUT2D eigenvalue weighted by atomic mass is 16.5. The second kappa shape index (κ2) is 14.2. The molecule has 0 aliphatic heterocycles. The first-order valence-corrected chi connectivity index (χ1v) is 11.3. The van der Waals surface area contributed by atoms with Gasteiger partial charge in [0.1, 0.15) is 5.52 Å². The lowest BCUT2D eigenvalue weighted by atomic mass is 9.98. The Hall–Kier alpha value is -3.04. The second-order valence-electron chi connectivity index (χ2n) is 7.70. The Morgan fingerprint density at radius 1 is 1.21 bits per heavy atom. The van der Waals surface area contributed by atoms with Gasteiger partial charge in [-0.3, -0.25) is 9.98 Å². The van der Waals surface area contributed by atoms with Gasteiger partial charge in [0.25, 0.3) is 0 Å². The van der Waals surface area contributed by atoms with Gasteiger partial charge in [0, 0.05) is 37.8 Å². The fourth-order valence-corrected chi connectivity index (χ4v) is 3.53. The number of nitrogen functional groups attached to an aromatic ring is 2. The van der Waals surface area contributed by atoms with Crippen molar-refractivity contribution in [2.24, 2.45) is 9.98 Å². The summed E-state index contributed by atoms with van der Waals surface area (Å²) in [4.78, 5) is 12.5. The third kappa shape index (κ3) is 8.43. The van der Waals surface area contributed by atoms with Crippen molar-refractivity contribution >= 4 is 28.7 Å². The van der Waals surface area contributed by atoms with E-state index in [1.54, 1.807) is 31.1 Å². The first-order valence-electron chi connectivity index (χ1n) is 11.3. The normalized spacial score (nSPS) is 16.0. The molecule has 2 aromatic heterocycles. The van der Waals surface area contributed by atoms with Gasteiger partial charge in [0.05, 0.1) is 25.0 Å². The quantitative estimate of drug-likeness (QED) is 0.460. The highest BCUT2D eigenvalue weighted by Gasteiger charge is 2.13. The van der Waals surface area contributed by atoms with Crippen molar-refractivity contribution in [2.45, 2.75) is 52.1 Å². The predicted octanol–water partition coefficient (Wildman–Crippen LogP) is 3.85. The molecule has 2 aromatic rings. The first kappa shape index (κ1) is 26.2. The number of nitrogens with zero attached hydrogens (tertiary/aromatic N) is 5. The van der Waals surface area contributed by atoms with E-state index in [-0.39, 0.29) is 5.95 Å². The van der Waals surface area contributed by atoms with E-state index in [9.17, 15) is 0 Å². The highest BCUT2D eigenvalue weighted by Crippen LogP contribution is 2.20. The number of rotatable bonds is 8. The van der Waals surface area contributed by atoms with Gasteiger partial charge in [-0.15, -0.1) is 5.10 Å². The average molecular weight is 456 g/mol. The topological polar surface area (TPSA) is 125 Å². The van der Waals surface area contributed by atoms with E-state index in [1.807, 2.05) is 38.1 Å². The van der Waals surface area contributed by atoms with E-state index >= 15 is 0 Å². The molecule has 1 saturated carbocycles. The summed E-state index contributed by atoms with van der Waals surface area (Å²) >= 11 is 0. The molecule has 0 spiro atoms. The number of aromatic nitrogens is 3. The molecule has 9 heteroatoms. The average Bonchev–Trinajstić information content (AvgIpc) is 3.23. The molecule has 3 rings (SSSR count). The number of aliphatic imine (C=N–C) groups is 2. The molecule has 0 atom stereocenters. The van der Waals surface area contributed by atoms with Crippen LogP contribution in [0.5, 0.6) is 0 Å². The Kier molecular flexibility index (Phi) is 11.3. The Labute approximate surface area is 196 Å². The number of methoxy groups -OCH3 is 1. The van der Waals surface area contributed by atoms with Crippen LogP contribution in [0.25, 0.3) is 5.52 Å². The van der Waals surface area contributed by atoms with Gasteiger partial charge in [-0.05, 0) is 44.9 Å². The van der Waals surface area contributed by atoms with Crippen LogP contribution in [0.1, 0.15) is 51.5 Å². The van der Waals surface area contributed by atoms with Crippen molar-refractivity contribution in [1.82, 2.24) is 14.6 Å². The molecule has 33 heavy (non-hydrogen) atoms. The van der Waals surface area contributed by atoms with Crippen molar-refractivity contribution in [3.63, 3.8) is 0 Å². The molecule has 0 radical (unpaired) electrons. The Morgan fingerprint density at radius 2 is 1.97 bits per heavy atom. The van der Waals surface area contributed by atoms with E-state index < -0.39 is 0 Å². The number of allylic oxidation sites excluding steroid dienone is 3. The van der Waals surface area contributed by atoms with Crippen LogP contribution in [-0.2, 0) is 9.47 Å². The maximum Gasteiger partial charge on any atom is 0.240 e. The molecule has 9 nitrogen and oxygen atoms in total. The lowest BCUT2D eigenvalue weighted by molar-refractivity contribution is -0.000148. The van der Waals surface area contributed by atoms with Crippen LogP contribution in [0.3, 0.4) is 0 Å². The molecular formula is C24H37N7O2. The zero-order chi connectivity index (χ0) is 24.1. The Balaban J connectivity index is 0.000000294. The van der Waals surface area contributed by atoms with Gasteiger partial charge in [-0.25, -0.2) is 4.52 Å². The first-order chi connectivity index (χ1) is 16.0. The molecule has 2 heterocycles. The zero-order valence-corrected chi connectivity index (χ0v) is 20.2. The molecular weight excluding hydrogens is 418 g/mol. The van der Waals surface area contributed by atoms with Crippen LogP contribution >= 0.6 is 0 Å². The summed E-state index contributed by atoms with van der Waals surface area (Å²) in [6, 6.07) is 1.88. The van der Waals surface area contributed by atoms with Crippen molar-refractivity contribution < 1.29 is 9.47 Å². The summed E-state index contributed by atoms with van der Waals surface area (Å²) in [6.45, 7) is 5.33. The molecule has 1 aliphatic rings. The predicted molar refractivity (Wildman–Crippen MR) is 136 cm³/mol. The number of ether oxygens (including phenoxy) is 2. The van der Waals surface area contributed by atoms with Crippen LogP contribution in [-0.4, -0.2) is 59.5 Å². The number of hydrogen-bond donors (Lipinski definition) is 2. The maximum absolute atomic E-state index is 5.95. The van der Waals surface area contributed by atoms with Crippen LogP contribution in [0, 0.1) is 0 Å². The van der Waals surface area contributed by atoms with Gasteiger partial charge in [-0.1, -0.05) is 25.3 Å². The van der Waals surface area contributed by atoms with Gasteiger partial charge in [0.15, 0.2) is 5.82 Å². The zero-order valence-electron chi connectivity index (χ0n) is 20.2. The molecule has 0 aromatic carbocycles. The van der Waals surface area contributed by atoms with E-state index in [0.29, 0.717) is 17.4 Å². The summed E-state index contributed by atoms with van der Waals surface area (Å²) in [5.41, 5.74) is 14.7. The van der Waals surface area contributed by atoms with Crippen LogP contribution in [0.15, 0.2) is 46.7 Å². The van der Waals surface area contributed by atoms with E-state index in [1.165, 1.54) is 32.1 Å². The van der Waals surface area contributed by atoms with E-state index in [0.717, 1.165) is 30.2 Å². The SMILES string of the molecule is COCCOC1CCCCC1.C\C=C/N=C(C)\C=C/C(=NC)c1ccn2nc(N)nc(N)c12. The summed E-state index contributed by atoms with van der Waals surface area (Å²) in [7, 11) is 3.43. The summed E-state index contributed by atoms with van der Waals surface area (Å²) in [5, 5.41) is 4.10. The smallest absolute Gasteiger partial charge is 0.240 e. The second-order valence-corrected chi connectivity index (χ2v) is 7.70. The Bertz CT molecular complexity index is 986. The number of fused-ring (bicyclic) bond motifs is 1. The minimum Gasteiger partial charge on any atom is -0.382 e. The molecule has 0 amide bonds. The van der Waals surface area contributed by atoms with Crippen molar-refractivity contribution in [1.29, 1.82) is 0 Å². The van der Waals surface area contributed by atoms with Crippen LogP contribution < -0.4 is 11.5 Å². The molecule has 1 fully saturated rings. The lowest BCUT2D eigenvalue weighted by Crippen LogP contribution is -2.18. The third-order valence-corrected chi connectivity index (χ3v) is 5.17.